The molecule has 3 aliphatic carbocycles. The Labute approximate surface area is 264 Å². The second-order valence-electron chi connectivity index (χ2n) is 14.1. The van der Waals surface area contributed by atoms with Gasteiger partial charge in [-0.1, -0.05) is 40.2 Å². The van der Waals surface area contributed by atoms with Gasteiger partial charge in [0.05, 0.1) is 24.1 Å². The largest absolute Gasteiger partial charge is 0.461 e. The molecule has 2 heterocycles. The van der Waals surface area contributed by atoms with Crippen LogP contribution in [0.5, 0.6) is 0 Å². The average Bonchev–Trinajstić information content (AvgIpc) is 3.58. The smallest absolute Gasteiger partial charge is 0.316 e. The van der Waals surface area contributed by atoms with Gasteiger partial charge in [0, 0.05) is 34.3 Å². The number of nitrogens with one attached hydrogen (secondary N) is 1. The van der Waals surface area contributed by atoms with Crippen LogP contribution < -0.4 is 5.32 Å². The van der Waals surface area contributed by atoms with Crippen molar-refractivity contribution in [2.75, 3.05) is 30.7 Å². The van der Waals surface area contributed by atoms with Crippen LogP contribution in [0.4, 0.5) is 5.13 Å². The third-order valence-corrected chi connectivity index (χ3v) is 13.4. The van der Waals surface area contributed by atoms with E-state index in [0.717, 1.165) is 50.9 Å². The Bertz CT molecular complexity index is 1220. The number of ketones is 1. The van der Waals surface area contributed by atoms with Crippen molar-refractivity contribution < 1.29 is 24.2 Å². The van der Waals surface area contributed by atoms with Crippen LogP contribution in [0.1, 0.15) is 84.8 Å². The van der Waals surface area contributed by atoms with E-state index in [-0.39, 0.29) is 46.6 Å². The molecule has 4 fully saturated rings. The first kappa shape index (κ1) is 32.6. The molecule has 1 aromatic heterocycles. The number of nitrogens with zero attached hydrogens (tertiary/aromatic N) is 2. The number of aromatic nitrogens is 1. The predicted molar refractivity (Wildman–Crippen MR) is 172 cm³/mol. The molecule has 1 saturated heterocycles. The maximum atomic E-state index is 13.6. The molecule has 8 nitrogen and oxygen atoms in total. The number of likely N-dealkylation sites (tertiary alicyclic amines) is 1. The zero-order valence-corrected chi connectivity index (χ0v) is 27.9. The average molecular weight is 632 g/mol. The lowest BCUT2D eigenvalue weighted by molar-refractivity contribution is -0.205. The maximum Gasteiger partial charge on any atom is 0.316 e. The summed E-state index contributed by atoms with van der Waals surface area (Å²) in [4.78, 5) is 46.1. The van der Waals surface area contributed by atoms with Crippen molar-refractivity contribution in [2.24, 2.45) is 34.0 Å². The van der Waals surface area contributed by atoms with Crippen LogP contribution >= 0.6 is 23.1 Å². The van der Waals surface area contributed by atoms with Crippen molar-refractivity contribution >= 4 is 45.9 Å². The van der Waals surface area contributed by atoms with Gasteiger partial charge in [0.25, 0.3) is 0 Å². The van der Waals surface area contributed by atoms with Crippen LogP contribution in [-0.2, 0) is 24.9 Å². The topological polar surface area (TPSA) is 109 Å². The van der Waals surface area contributed by atoms with Crippen LogP contribution in [0, 0.1) is 34.0 Å². The van der Waals surface area contributed by atoms with Gasteiger partial charge in [0.1, 0.15) is 11.9 Å². The second-order valence-corrected chi connectivity index (χ2v) is 15.9. The van der Waals surface area contributed by atoms with Gasteiger partial charge in [-0.15, -0.1) is 29.7 Å². The molecule has 8 atom stereocenters. The molecule has 238 valence electrons. The summed E-state index contributed by atoms with van der Waals surface area (Å²) in [5.74, 6) is 0.500. The van der Waals surface area contributed by atoms with Gasteiger partial charge < -0.3 is 15.2 Å². The summed E-state index contributed by atoms with van der Waals surface area (Å²) in [7, 11) is 0. The first-order valence-corrected chi connectivity index (χ1v) is 18.0. The standard InChI is InChI=1S/C33H49N3O5S2/c1-6-31(4)16-25(32(5)21(2)10-12-33(22(3)29(31)40)13-11-24(37)28(32)33)41-27(39)20-42-18-23-19-43-30(34-23)35-26(38)17-36-14-8-7-9-15-36/h6,19,21-22,25,28-29,40H,1,7-18,20H2,2-5H3,(H,34,35,38)/t21-,22+,25-,28-,29+,31-,32+,33+/m1/s1. The Morgan fingerprint density at radius 2 is 2.00 bits per heavy atom. The Balaban J connectivity index is 1.23. The highest BCUT2D eigenvalue weighted by Crippen LogP contribution is 2.68. The van der Waals surface area contributed by atoms with Crippen LogP contribution in [0.2, 0.25) is 0 Å². The van der Waals surface area contributed by atoms with Crippen molar-refractivity contribution in [3.8, 4) is 0 Å². The number of ether oxygens (including phenoxy) is 1. The number of aliphatic hydroxyl groups excluding tert-OH is 1. The molecule has 1 aliphatic heterocycles. The molecule has 0 radical (unpaired) electrons. The molecular weight excluding hydrogens is 583 g/mol. The predicted octanol–water partition coefficient (Wildman–Crippen LogP) is 5.71. The van der Waals surface area contributed by atoms with Gasteiger partial charge in [0.15, 0.2) is 5.13 Å². The van der Waals surface area contributed by atoms with Gasteiger partial charge in [-0.05, 0) is 68.9 Å². The van der Waals surface area contributed by atoms with E-state index >= 15 is 0 Å². The molecule has 0 spiro atoms. The number of hydrogen-bond donors (Lipinski definition) is 2. The number of hydrogen-bond acceptors (Lipinski definition) is 9. The fourth-order valence-corrected chi connectivity index (χ4v) is 10.4. The highest BCUT2D eigenvalue weighted by Gasteiger charge is 2.68. The molecule has 3 saturated carbocycles. The monoisotopic (exact) mass is 631 g/mol. The lowest BCUT2D eigenvalue weighted by atomic mass is 9.44. The first-order chi connectivity index (χ1) is 20.4. The molecular formula is C33H49N3O5S2. The fraction of sp³-hybridized carbons (Fsp3) is 0.758. The number of anilines is 1. The third-order valence-electron chi connectivity index (χ3n) is 11.7. The first-order valence-electron chi connectivity index (χ1n) is 16.0. The molecule has 0 unspecified atom stereocenters. The molecule has 10 heteroatoms. The summed E-state index contributed by atoms with van der Waals surface area (Å²) >= 11 is 2.83. The van der Waals surface area contributed by atoms with E-state index in [4.69, 9.17) is 4.74 Å². The minimum atomic E-state index is -0.675. The van der Waals surface area contributed by atoms with Crippen LogP contribution in [-0.4, -0.2) is 70.2 Å². The molecule has 43 heavy (non-hydrogen) atoms. The summed E-state index contributed by atoms with van der Waals surface area (Å²) in [6.07, 6.45) is 7.77. The number of carbonyl (C=O) groups is 3. The number of esters is 1. The number of thiazole rings is 1. The summed E-state index contributed by atoms with van der Waals surface area (Å²) in [6, 6.07) is 0. The number of Topliss-reactive ketones (excluding diaryl/α,β-unsaturated/α-hetero) is 1. The van der Waals surface area contributed by atoms with Crippen molar-refractivity contribution in [1.82, 2.24) is 9.88 Å². The summed E-state index contributed by atoms with van der Waals surface area (Å²) in [5.41, 5.74) is -0.629. The van der Waals surface area contributed by atoms with Gasteiger partial charge in [-0.25, -0.2) is 4.98 Å². The number of aliphatic hydroxyl groups is 1. The maximum absolute atomic E-state index is 13.6. The summed E-state index contributed by atoms with van der Waals surface area (Å²) in [5, 5.41) is 17.1. The van der Waals surface area contributed by atoms with E-state index in [9.17, 15) is 19.5 Å². The summed E-state index contributed by atoms with van der Waals surface area (Å²) < 4.78 is 6.34. The highest BCUT2D eigenvalue weighted by atomic mass is 32.2. The van der Waals surface area contributed by atoms with Crippen molar-refractivity contribution in [1.29, 1.82) is 0 Å². The van der Waals surface area contributed by atoms with Crippen LogP contribution in [0.3, 0.4) is 0 Å². The fourth-order valence-electron chi connectivity index (χ4n) is 8.84. The minimum absolute atomic E-state index is 0.0422. The van der Waals surface area contributed by atoms with E-state index in [2.05, 4.69) is 42.6 Å². The molecule has 1 aromatic rings. The van der Waals surface area contributed by atoms with Gasteiger partial charge >= 0.3 is 5.97 Å². The highest BCUT2D eigenvalue weighted by molar-refractivity contribution is 7.99. The number of amides is 1. The zero-order chi connectivity index (χ0) is 31.0. The molecule has 1 amide bonds. The van der Waals surface area contributed by atoms with Gasteiger partial charge in [0.2, 0.25) is 5.91 Å². The number of carbonyl (C=O) groups excluding carboxylic acids is 3. The Hall–Kier alpha value is -1.75. The van der Waals surface area contributed by atoms with E-state index in [0.29, 0.717) is 30.3 Å². The van der Waals surface area contributed by atoms with Crippen molar-refractivity contribution in [2.45, 2.75) is 97.0 Å². The molecule has 4 aliphatic rings. The number of rotatable bonds is 9. The molecule has 2 N–H and O–H groups in total. The van der Waals surface area contributed by atoms with Crippen LogP contribution in [0.25, 0.3) is 0 Å². The molecule has 5 rings (SSSR count). The summed E-state index contributed by atoms with van der Waals surface area (Å²) in [6.45, 7) is 14.9. The van der Waals surface area contributed by atoms with Crippen molar-refractivity contribution in [3.05, 3.63) is 23.7 Å². The Morgan fingerprint density at radius 1 is 1.26 bits per heavy atom. The van der Waals surface area contributed by atoms with E-state index in [1.807, 2.05) is 18.4 Å². The quantitative estimate of drug-likeness (QED) is 0.264. The third kappa shape index (κ3) is 6.23. The number of thioether (sulfide) groups is 1. The molecule has 2 bridgehead atoms. The normalized spacial score (nSPS) is 38.1. The number of piperidine rings is 1. The van der Waals surface area contributed by atoms with Gasteiger partial charge in [-0.2, -0.15) is 0 Å². The SMILES string of the molecule is C=C[C@]1(C)C[C@@H](OC(=O)CSCc2csc(NC(=O)CN3CCCCC3)n2)[C@]2(C)[C@H](C)CC[C@]3(CCC(=O)[C@@H]32)[C@@H](C)[C@@H]1O. The van der Waals surface area contributed by atoms with Crippen molar-refractivity contribution in [3.63, 3.8) is 0 Å². The lowest BCUT2D eigenvalue weighted by Gasteiger charge is -2.61. The van der Waals surface area contributed by atoms with Gasteiger partial charge in [-0.3, -0.25) is 19.3 Å². The van der Waals surface area contributed by atoms with E-state index < -0.39 is 23.0 Å². The Kier molecular flexibility index (Phi) is 9.81. The Morgan fingerprint density at radius 3 is 2.72 bits per heavy atom. The second kappa shape index (κ2) is 12.9. The van der Waals surface area contributed by atoms with E-state index in [1.54, 1.807) is 0 Å². The van der Waals surface area contributed by atoms with Crippen LogP contribution in [0.15, 0.2) is 18.0 Å². The van der Waals surface area contributed by atoms with E-state index in [1.165, 1.54) is 29.5 Å². The molecule has 0 aromatic carbocycles. The zero-order valence-electron chi connectivity index (χ0n) is 26.2. The minimum Gasteiger partial charge on any atom is -0.461 e. The lowest BCUT2D eigenvalue weighted by Crippen LogP contribution is -2.63.